The Hall–Kier alpha value is -2.90. The molecular formula is C18H10F6N2. The van der Waals surface area contributed by atoms with Gasteiger partial charge >= 0.3 is 12.4 Å². The molecule has 0 bridgehead atoms. The molecule has 3 aromatic rings. The third-order valence-corrected chi connectivity index (χ3v) is 3.64. The van der Waals surface area contributed by atoms with E-state index in [1.165, 1.54) is 60.7 Å². The quantitative estimate of drug-likeness (QED) is 0.531. The second-order valence-electron chi connectivity index (χ2n) is 5.37. The summed E-state index contributed by atoms with van der Waals surface area (Å²) in [6.45, 7) is 0. The van der Waals surface area contributed by atoms with Crippen molar-refractivity contribution in [2.24, 2.45) is 0 Å². The van der Waals surface area contributed by atoms with Crippen molar-refractivity contribution in [3.8, 4) is 22.5 Å². The fourth-order valence-corrected chi connectivity index (χ4v) is 2.58. The molecule has 0 amide bonds. The lowest BCUT2D eigenvalue weighted by molar-refractivity contribution is -0.161. The molecule has 2 aromatic carbocycles. The summed E-state index contributed by atoms with van der Waals surface area (Å²) >= 11 is 0. The molecule has 0 aliphatic heterocycles. The maximum absolute atomic E-state index is 13.7. The van der Waals surface area contributed by atoms with Crippen LogP contribution in [0.3, 0.4) is 0 Å². The predicted octanol–water partition coefficient (Wildman–Crippen LogP) is 5.85. The largest absolute Gasteiger partial charge is 0.419 e. The molecule has 0 atom stereocenters. The highest BCUT2D eigenvalue weighted by Gasteiger charge is 2.48. The van der Waals surface area contributed by atoms with E-state index in [4.69, 9.17) is 0 Å². The molecule has 0 spiro atoms. The summed E-state index contributed by atoms with van der Waals surface area (Å²) in [5.74, 6) is 0. The van der Waals surface area contributed by atoms with Gasteiger partial charge in [-0.1, -0.05) is 60.7 Å². The van der Waals surface area contributed by atoms with Crippen LogP contribution in [0.4, 0.5) is 26.3 Å². The maximum atomic E-state index is 13.7. The Balaban J connectivity index is 2.41. The molecule has 0 saturated heterocycles. The third kappa shape index (κ3) is 3.40. The average Bonchev–Trinajstić information content (AvgIpc) is 2.60. The first-order valence-corrected chi connectivity index (χ1v) is 7.35. The molecule has 0 N–H and O–H groups in total. The van der Waals surface area contributed by atoms with Gasteiger partial charge in [0.2, 0.25) is 0 Å². The van der Waals surface area contributed by atoms with E-state index in [9.17, 15) is 26.3 Å². The fraction of sp³-hybridized carbons (Fsp3) is 0.111. The van der Waals surface area contributed by atoms with E-state index < -0.39 is 34.9 Å². The van der Waals surface area contributed by atoms with Gasteiger partial charge in [0.1, 0.15) is 11.4 Å². The molecule has 26 heavy (non-hydrogen) atoms. The van der Waals surface area contributed by atoms with E-state index in [0.29, 0.717) is 0 Å². The number of halogens is 6. The average molecular weight is 368 g/mol. The summed E-state index contributed by atoms with van der Waals surface area (Å²) < 4.78 is 81.9. The van der Waals surface area contributed by atoms with Gasteiger partial charge in [0.05, 0.1) is 11.1 Å². The van der Waals surface area contributed by atoms with Gasteiger partial charge in [-0.05, 0) is 0 Å². The van der Waals surface area contributed by atoms with Crippen LogP contribution in [-0.4, -0.2) is 10.2 Å². The van der Waals surface area contributed by atoms with Crippen molar-refractivity contribution in [2.45, 2.75) is 12.4 Å². The summed E-state index contributed by atoms with van der Waals surface area (Å²) in [5, 5.41) is 6.99. The summed E-state index contributed by atoms with van der Waals surface area (Å²) in [5.41, 5.74) is -5.60. The van der Waals surface area contributed by atoms with Crippen molar-refractivity contribution in [3.63, 3.8) is 0 Å². The number of hydrogen-bond donors (Lipinski definition) is 0. The van der Waals surface area contributed by atoms with E-state index in [0.717, 1.165) is 0 Å². The van der Waals surface area contributed by atoms with Crippen LogP contribution < -0.4 is 0 Å². The SMILES string of the molecule is FC(F)(F)c1c(-c2ccccc2)nnc(-c2ccccc2)c1C(F)(F)F. The van der Waals surface area contributed by atoms with E-state index >= 15 is 0 Å². The Bertz CT molecular complexity index is 826. The van der Waals surface area contributed by atoms with Crippen molar-refractivity contribution in [2.75, 3.05) is 0 Å². The molecule has 0 saturated carbocycles. The van der Waals surface area contributed by atoms with Crippen molar-refractivity contribution < 1.29 is 26.3 Å². The molecule has 0 unspecified atom stereocenters. The lowest BCUT2D eigenvalue weighted by Crippen LogP contribution is -2.21. The molecule has 2 nitrogen and oxygen atoms in total. The van der Waals surface area contributed by atoms with E-state index in [1.807, 2.05) is 0 Å². The van der Waals surface area contributed by atoms with Crippen molar-refractivity contribution in [3.05, 3.63) is 71.8 Å². The highest BCUT2D eigenvalue weighted by Crippen LogP contribution is 2.47. The normalized spacial score (nSPS) is 12.2. The van der Waals surface area contributed by atoms with Gasteiger partial charge in [0.25, 0.3) is 0 Å². The molecule has 0 aliphatic rings. The molecular weight excluding hydrogens is 358 g/mol. The van der Waals surface area contributed by atoms with Crippen molar-refractivity contribution in [1.29, 1.82) is 0 Å². The maximum Gasteiger partial charge on any atom is 0.419 e. The first kappa shape index (κ1) is 17.9. The number of rotatable bonds is 2. The molecule has 3 rings (SSSR count). The van der Waals surface area contributed by atoms with E-state index in [-0.39, 0.29) is 11.1 Å². The minimum atomic E-state index is -5.27. The van der Waals surface area contributed by atoms with Crippen LogP contribution >= 0.6 is 0 Å². The van der Waals surface area contributed by atoms with Crippen LogP contribution in [-0.2, 0) is 12.4 Å². The van der Waals surface area contributed by atoms with Crippen LogP contribution in [0.5, 0.6) is 0 Å². The first-order chi connectivity index (χ1) is 12.2. The molecule has 0 fully saturated rings. The van der Waals surface area contributed by atoms with Gasteiger partial charge in [0, 0.05) is 11.1 Å². The Labute approximate surface area is 144 Å². The summed E-state index contributed by atoms with van der Waals surface area (Å²) in [7, 11) is 0. The van der Waals surface area contributed by atoms with Crippen LogP contribution in [0.25, 0.3) is 22.5 Å². The molecule has 0 radical (unpaired) electrons. The van der Waals surface area contributed by atoms with Gasteiger partial charge in [-0.2, -0.15) is 26.3 Å². The minimum absolute atomic E-state index is 0.0996. The number of aromatic nitrogens is 2. The Morgan fingerprint density at radius 3 is 1.08 bits per heavy atom. The lowest BCUT2D eigenvalue weighted by Gasteiger charge is -2.20. The topological polar surface area (TPSA) is 25.8 Å². The number of hydrogen-bond acceptors (Lipinski definition) is 2. The number of benzene rings is 2. The summed E-state index contributed by atoms with van der Waals surface area (Å²) in [6, 6.07) is 13.7. The van der Waals surface area contributed by atoms with Crippen LogP contribution in [0.1, 0.15) is 11.1 Å². The summed E-state index contributed by atoms with van der Waals surface area (Å²) in [4.78, 5) is 0. The molecule has 0 aliphatic carbocycles. The molecule has 8 heteroatoms. The zero-order valence-electron chi connectivity index (χ0n) is 12.9. The standard InChI is InChI=1S/C18H10F6N2/c19-17(20,21)13-14(18(22,23)24)16(12-9-5-2-6-10-12)26-25-15(13)11-7-3-1-4-8-11/h1-10H. The molecule has 1 heterocycles. The highest BCUT2D eigenvalue weighted by atomic mass is 19.4. The number of alkyl halides is 6. The second-order valence-corrected chi connectivity index (χ2v) is 5.37. The number of nitrogens with zero attached hydrogens (tertiary/aromatic N) is 2. The second kappa shape index (κ2) is 6.44. The Morgan fingerprint density at radius 1 is 0.500 bits per heavy atom. The van der Waals surface area contributed by atoms with Crippen LogP contribution in [0, 0.1) is 0 Å². The fourth-order valence-electron chi connectivity index (χ4n) is 2.58. The van der Waals surface area contributed by atoms with Gasteiger partial charge in [-0.25, -0.2) is 0 Å². The van der Waals surface area contributed by atoms with E-state index in [2.05, 4.69) is 10.2 Å². The van der Waals surface area contributed by atoms with Crippen molar-refractivity contribution in [1.82, 2.24) is 10.2 Å². The van der Waals surface area contributed by atoms with Gasteiger partial charge in [-0.15, -0.1) is 10.2 Å². The van der Waals surface area contributed by atoms with Crippen LogP contribution in [0.2, 0.25) is 0 Å². The van der Waals surface area contributed by atoms with Gasteiger partial charge in [-0.3, -0.25) is 0 Å². The minimum Gasteiger partial charge on any atom is -0.166 e. The Morgan fingerprint density at radius 2 is 0.808 bits per heavy atom. The van der Waals surface area contributed by atoms with Crippen LogP contribution in [0.15, 0.2) is 60.7 Å². The molecule has 134 valence electrons. The van der Waals surface area contributed by atoms with Gasteiger partial charge in [0.15, 0.2) is 0 Å². The Kier molecular flexibility index (Phi) is 4.43. The predicted molar refractivity (Wildman–Crippen MR) is 82.9 cm³/mol. The first-order valence-electron chi connectivity index (χ1n) is 7.35. The third-order valence-electron chi connectivity index (χ3n) is 3.64. The molecule has 1 aromatic heterocycles. The van der Waals surface area contributed by atoms with E-state index in [1.54, 1.807) is 0 Å². The monoisotopic (exact) mass is 368 g/mol. The lowest BCUT2D eigenvalue weighted by atomic mass is 9.96. The van der Waals surface area contributed by atoms with Crippen molar-refractivity contribution >= 4 is 0 Å². The summed E-state index contributed by atoms with van der Waals surface area (Å²) in [6.07, 6.45) is -10.5. The zero-order valence-corrected chi connectivity index (χ0v) is 12.9. The zero-order chi connectivity index (χ0) is 18.9. The highest BCUT2D eigenvalue weighted by molar-refractivity contribution is 5.72. The van der Waals surface area contributed by atoms with Gasteiger partial charge < -0.3 is 0 Å². The smallest absolute Gasteiger partial charge is 0.166 e.